The van der Waals surface area contributed by atoms with E-state index in [9.17, 15) is 18.0 Å². The summed E-state index contributed by atoms with van der Waals surface area (Å²) < 4.78 is 46.4. The Hall–Kier alpha value is -1.57. The standard InChI is InChI=1S/C20H26F3N3O2/c21-20(22,23)17-15-11-28-4-1-16(15)26(25-17)3-2-24-18(27)19-8-12-5-13(9-19)7-14(6-12)10-19/h12-14H,1-11H2,(H,24,27). The van der Waals surface area contributed by atoms with Crippen LogP contribution >= 0.6 is 0 Å². The second kappa shape index (κ2) is 6.47. The van der Waals surface area contributed by atoms with Gasteiger partial charge in [-0.05, 0) is 56.3 Å². The van der Waals surface area contributed by atoms with Crippen molar-refractivity contribution < 1.29 is 22.7 Å². The highest BCUT2D eigenvalue weighted by Crippen LogP contribution is 2.60. The first-order valence-electron chi connectivity index (χ1n) is 10.4. The van der Waals surface area contributed by atoms with Crippen LogP contribution in [0.4, 0.5) is 13.2 Å². The molecule has 1 aromatic heterocycles. The predicted molar refractivity (Wildman–Crippen MR) is 94.2 cm³/mol. The summed E-state index contributed by atoms with van der Waals surface area (Å²) in [5.74, 6) is 2.16. The number of nitrogens with zero attached hydrogens (tertiary/aromatic N) is 2. The number of carbonyl (C=O) groups is 1. The molecule has 0 atom stereocenters. The molecule has 4 saturated carbocycles. The number of carbonyl (C=O) groups excluding carboxylic acids is 1. The molecule has 1 amide bonds. The molecule has 2 heterocycles. The first-order valence-corrected chi connectivity index (χ1v) is 10.4. The second-order valence-corrected chi connectivity index (χ2v) is 9.25. The summed E-state index contributed by atoms with van der Waals surface area (Å²) in [5, 5.41) is 6.84. The Morgan fingerprint density at radius 1 is 1.18 bits per heavy atom. The van der Waals surface area contributed by atoms with Crippen LogP contribution in [0.5, 0.6) is 0 Å². The van der Waals surface area contributed by atoms with Crippen LogP contribution in [-0.4, -0.2) is 28.8 Å². The van der Waals surface area contributed by atoms with Crippen LogP contribution in [0.15, 0.2) is 0 Å². The predicted octanol–water partition coefficient (Wildman–Crippen LogP) is 3.31. The number of ether oxygens (including phenoxy) is 1. The molecule has 0 saturated heterocycles. The van der Waals surface area contributed by atoms with Crippen LogP contribution in [0.3, 0.4) is 0 Å². The highest BCUT2D eigenvalue weighted by atomic mass is 19.4. The van der Waals surface area contributed by atoms with Gasteiger partial charge in [0.1, 0.15) is 0 Å². The van der Waals surface area contributed by atoms with Crippen molar-refractivity contribution in [1.29, 1.82) is 0 Å². The topological polar surface area (TPSA) is 56.2 Å². The molecule has 8 heteroatoms. The minimum absolute atomic E-state index is 0.0518. The minimum atomic E-state index is -4.49. The minimum Gasteiger partial charge on any atom is -0.376 e. The lowest BCUT2D eigenvalue weighted by atomic mass is 9.49. The number of amides is 1. The number of hydrogen-bond acceptors (Lipinski definition) is 3. The summed E-state index contributed by atoms with van der Waals surface area (Å²) in [6.45, 7) is 0.919. The van der Waals surface area contributed by atoms with E-state index in [1.807, 2.05) is 0 Å². The second-order valence-electron chi connectivity index (χ2n) is 9.25. The van der Waals surface area contributed by atoms with Gasteiger partial charge in [0.05, 0.1) is 19.8 Å². The fourth-order valence-corrected chi connectivity index (χ4v) is 6.57. The van der Waals surface area contributed by atoms with E-state index in [1.54, 1.807) is 0 Å². The van der Waals surface area contributed by atoms with Crippen molar-refractivity contribution in [2.45, 2.75) is 64.3 Å². The van der Waals surface area contributed by atoms with Crippen LogP contribution in [-0.2, 0) is 35.3 Å². The molecule has 5 nitrogen and oxygen atoms in total. The monoisotopic (exact) mass is 397 g/mol. The third kappa shape index (κ3) is 3.04. The largest absolute Gasteiger partial charge is 0.435 e. The van der Waals surface area contributed by atoms with E-state index >= 15 is 0 Å². The number of halogens is 3. The van der Waals surface area contributed by atoms with Gasteiger partial charge in [-0.1, -0.05) is 0 Å². The lowest BCUT2D eigenvalue weighted by Gasteiger charge is -2.55. The van der Waals surface area contributed by atoms with E-state index < -0.39 is 11.9 Å². The third-order valence-electron chi connectivity index (χ3n) is 7.29. The van der Waals surface area contributed by atoms with E-state index in [0.29, 0.717) is 43.0 Å². The third-order valence-corrected chi connectivity index (χ3v) is 7.29. The maximum Gasteiger partial charge on any atom is 0.435 e. The van der Waals surface area contributed by atoms with Crippen molar-refractivity contribution in [3.8, 4) is 0 Å². The Morgan fingerprint density at radius 3 is 2.43 bits per heavy atom. The number of nitrogens with one attached hydrogen (secondary N) is 1. The van der Waals surface area contributed by atoms with Gasteiger partial charge in [-0.15, -0.1) is 0 Å². The van der Waals surface area contributed by atoms with E-state index in [2.05, 4.69) is 10.4 Å². The molecule has 1 N–H and O–H groups in total. The van der Waals surface area contributed by atoms with Gasteiger partial charge in [0.2, 0.25) is 5.91 Å². The Labute approximate surface area is 162 Å². The maximum atomic E-state index is 13.3. The van der Waals surface area contributed by atoms with Gasteiger partial charge >= 0.3 is 6.18 Å². The van der Waals surface area contributed by atoms with Crippen LogP contribution in [0, 0.1) is 23.2 Å². The number of hydrogen-bond donors (Lipinski definition) is 1. The summed E-state index contributed by atoms with van der Waals surface area (Å²) in [6.07, 6.45) is 2.70. The van der Waals surface area contributed by atoms with Gasteiger partial charge in [-0.25, -0.2) is 0 Å². The summed E-state index contributed by atoms with van der Waals surface area (Å²) >= 11 is 0. The SMILES string of the molecule is O=C(NCCn1nc(C(F)(F)F)c2c1CCOC2)C12CC3CC(CC(C3)C1)C2. The summed E-state index contributed by atoms with van der Waals surface area (Å²) in [7, 11) is 0. The van der Waals surface area contributed by atoms with Gasteiger partial charge in [0, 0.05) is 29.6 Å². The summed E-state index contributed by atoms with van der Waals surface area (Å²) in [5.41, 5.74) is -0.355. The zero-order valence-electron chi connectivity index (χ0n) is 15.9. The van der Waals surface area contributed by atoms with Crippen molar-refractivity contribution >= 4 is 5.91 Å². The highest BCUT2D eigenvalue weighted by molar-refractivity contribution is 5.83. The fraction of sp³-hybridized carbons (Fsp3) is 0.800. The zero-order valence-corrected chi connectivity index (χ0v) is 15.9. The molecule has 6 rings (SSSR count). The molecule has 5 aliphatic rings. The molecule has 4 fully saturated rings. The molecule has 0 radical (unpaired) electrons. The lowest BCUT2D eigenvalue weighted by molar-refractivity contribution is -0.146. The van der Waals surface area contributed by atoms with Gasteiger partial charge < -0.3 is 10.1 Å². The Kier molecular flexibility index (Phi) is 4.27. The molecular formula is C20H26F3N3O2. The van der Waals surface area contributed by atoms with Gasteiger partial charge in [-0.3, -0.25) is 9.48 Å². The van der Waals surface area contributed by atoms with Crippen LogP contribution < -0.4 is 5.32 Å². The van der Waals surface area contributed by atoms with E-state index in [4.69, 9.17) is 4.74 Å². The molecule has 4 bridgehead atoms. The van der Waals surface area contributed by atoms with Crippen molar-refractivity contribution in [2.75, 3.05) is 13.2 Å². The highest BCUT2D eigenvalue weighted by Gasteiger charge is 2.54. The Morgan fingerprint density at radius 2 is 1.82 bits per heavy atom. The van der Waals surface area contributed by atoms with Gasteiger partial charge in [0.25, 0.3) is 0 Å². The molecule has 4 aliphatic carbocycles. The number of alkyl halides is 3. The molecule has 0 unspecified atom stereocenters. The lowest BCUT2D eigenvalue weighted by Crippen LogP contribution is -2.53. The number of rotatable bonds is 4. The van der Waals surface area contributed by atoms with Crippen molar-refractivity contribution in [3.63, 3.8) is 0 Å². The normalized spacial score (nSPS) is 33.8. The molecule has 1 aliphatic heterocycles. The van der Waals surface area contributed by atoms with E-state index in [-0.39, 0.29) is 30.0 Å². The average molecular weight is 397 g/mol. The Bertz CT molecular complexity index is 751. The quantitative estimate of drug-likeness (QED) is 0.848. The van der Waals surface area contributed by atoms with Gasteiger partial charge in [-0.2, -0.15) is 18.3 Å². The molecule has 0 spiro atoms. The average Bonchev–Trinajstić information content (AvgIpc) is 3.00. The van der Waals surface area contributed by atoms with Crippen LogP contribution in [0.1, 0.15) is 55.5 Å². The zero-order chi connectivity index (χ0) is 19.5. The van der Waals surface area contributed by atoms with Crippen molar-refractivity contribution in [2.24, 2.45) is 23.2 Å². The van der Waals surface area contributed by atoms with Crippen LogP contribution in [0.25, 0.3) is 0 Å². The van der Waals surface area contributed by atoms with Gasteiger partial charge in [0.15, 0.2) is 5.69 Å². The summed E-state index contributed by atoms with van der Waals surface area (Å²) in [6, 6.07) is 0. The first-order chi connectivity index (χ1) is 13.3. The fourth-order valence-electron chi connectivity index (χ4n) is 6.57. The molecule has 1 aromatic rings. The molecule has 28 heavy (non-hydrogen) atoms. The van der Waals surface area contributed by atoms with Crippen LogP contribution in [0.2, 0.25) is 0 Å². The number of fused-ring (bicyclic) bond motifs is 1. The van der Waals surface area contributed by atoms with E-state index in [1.165, 1.54) is 23.9 Å². The van der Waals surface area contributed by atoms with Crippen molar-refractivity contribution in [3.05, 3.63) is 17.0 Å². The molecule has 154 valence electrons. The molecular weight excluding hydrogens is 371 g/mol. The van der Waals surface area contributed by atoms with E-state index in [0.717, 1.165) is 19.3 Å². The number of aromatic nitrogens is 2. The maximum absolute atomic E-state index is 13.3. The van der Waals surface area contributed by atoms with Crippen molar-refractivity contribution in [1.82, 2.24) is 15.1 Å². The first kappa shape index (κ1) is 18.5. The Balaban J connectivity index is 1.26. The summed E-state index contributed by atoms with van der Waals surface area (Å²) in [4.78, 5) is 13.0. The smallest absolute Gasteiger partial charge is 0.376 e. The molecule has 0 aromatic carbocycles.